The molecule has 0 spiro atoms. The molecule has 0 fully saturated rings. The van der Waals surface area contributed by atoms with Gasteiger partial charge in [-0.25, -0.2) is 9.55 Å². The zero-order valence-corrected chi connectivity index (χ0v) is 17.7. The van der Waals surface area contributed by atoms with E-state index in [9.17, 15) is 9.59 Å². The average molecular weight is 454 g/mol. The maximum Gasteiger partial charge on any atom is 0.267 e. The van der Waals surface area contributed by atoms with Gasteiger partial charge in [-0.05, 0) is 54.1 Å². The lowest BCUT2D eigenvalue weighted by molar-refractivity contribution is 0.0904. The Morgan fingerprint density at radius 2 is 1.61 bits per heavy atom. The van der Waals surface area contributed by atoms with Crippen LogP contribution < -0.4 is 10.9 Å². The molecule has 0 bridgehead atoms. The zero-order chi connectivity index (χ0) is 22.0. The summed E-state index contributed by atoms with van der Waals surface area (Å²) in [5.41, 5.74) is 1.89. The highest BCUT2D eigenvalue weighted by atomic mass is 35.5. The summed E-state index contributed by atoms with van der Waals surface area (Å²) in [7, 11) is 0. The largest absolute Gasteiger partial charge is 0.388 e. The van der Waals surface area contributed by atoms with Crippen LogP contribution in [-0.2, 0) is 6.54 Å². The highest BCUT2D eigenvalue weighted by molar-refractivity contribution is 6.30. The molecule has 0 atom stereocenters. The molecule has 1 heterocycles. The molecular weight excluding hydrogens is 437 g/mol. The zero-order valence-electron chi connectivity index (χ0n) is 16.2. The number of rotatable bonds is 6. The minimum absolute atomic E-state index is 0.287. The fourth-order valence-electron chi connectivity index (χ4n) is 3.18. The lowest BCUT2D eigenvalue weighted by Crippen LogP contribution is -2.24. The van der Waals surface area contributed by atoms with Crippen molar-refractivity contribution in [2.45, 2.75) is 6.54 Å². The summed E-state index contributed by atoms with van der Waals surface area (Å²) in [4.78, 5) is 29.8. The van der Waals surface area contributed by atoms with Gasteiger partial charge in [0.15, 0.2) is 5.78 Å². The number of carbonyl (C=O) groups is 1. The summed E-state index contributed by atoms with van der Waals surface area (Å²) in [5.74, 6) is -0.135. The number of anilines is 1. The van der Waals surface area contributed by atoms with E-state index in [2.05, 4.69) is 10.3 Å². The molecule has 1 aromatic heterocycles. The predicted molar refractivity (Wildman–Crippen MR) is 123 cm³/mol. The summed E-state index contributed by atoms with van der Waals surface area (Å²) in [6, 6.07) is 18.7. The molecule has 0 radical (unpaired) electrons. The minimum Gasteiger partial charge on any atom is -0.388 e. The van der Waals surface area contributed by atoms with Crippen LogP contribution in [0.25, 0.3) is 16.6 Å². The smallest absolute Gasteiger partial charge is 0.267 e. The summed E-state index contributed by atoms with van der Waals surface area (Å²) in [6.45, 7) is -0.215. The lowest BCUT2D eigenvalue weighted by Gasteiger charge is -2.15. The van der Waals surface area contributed by atoms with E-state index in [4.69, 9.17) is 28.3 Å². The molecule has 0 aliphatic carbocycles. The van der Waals surface area contributed by atoms with Gasteiger partial charge in [-0.15, -0.1) is 0 Å². The molecule has 156 valence electrons. The maximum atomic E-state index is 13.3. The van der Waals surface area contributed by atoms with E-state index in [0.29, 0.717) is 39.1 Å². The fraction of sp³-hybridized carbons (Fsp3) is 0.0870. The third-order valence-corrected chi connectivity index (χ3v) is 5.29. The molecule has 4 rings (SSSR count). The molecule has 0 aliphatic rings. The van der Waals surface area contributed by atoms with E-state index in [-0.39, 0.29) is 11.1 Å². The number of carbonyl (C=O) groups excluding carboxylic acids is 1. The number of hydrogen-bond donors (Lipinski definition) is 2. The van der Waals surface area contributed by atoms with Gasteiger partial charge in [-0.2, -0.15) is 0 Å². The van der Waals surface area contributed by atoms with E-state index in [0.717, 1.165) is 5.56 Å². The summed E-state index contributed by atoms with van der Waals surface area (Å²) in [5, 5.41) is 13.9. The monoisotopic (exact) mass is 453 g/mol. The van der Waals surface area contributed by atoms with Crippen LogP contribution in [0, 0.1) is 0 Å². The summed E-state index contributed by atoms with van der Waals surface area (Å²) in [6.07, 6.45) is 0. The van der Waals surface area contributed by atoms with Crippen molar-refractivity contribution in [1.82, 2.24) is 9.55 Å². The van der Waals surface area contributed by atoms with Gasteiger partial charge >= 0.3 is 0 Å². The average Bonchev–Trinajstić information content (AvgIpc) is 2.79. The maximum absolute atomic E-state index is 13.3. The first-order valence-corrected chi connectivity index (χ1v) is 10.2. The Morgan fingerprint density at radius 3 is 2.26 bits per heavy atom. The number of Topliss-reactive ketones (excluding diaryl/α,β-unsaturated/α-hetero) is 1. The highest BCUT2D eigenvalue weighted by Gasteiger charge is 2.15. The van der Waals surface area contributed by atoms with Gasteiger partial charge in [0.1, 0.15) is 6.61 Å². The molecule has 4 aromatic rings. The van der Waals surface area contributed by atoms with Crippen LogP contribution in [-0.4, -0.2) is 27.0 Å². The van der Waals surface area contributed by atoms with Gasteiger partial charge in [0.05, 0.1) is 16.6 Å². The van der Waals surface area contributed by atoms with Crippen molar-refractivity contribution in [3.8, 4) is 5.69 Å². The van der Waals surface area contributed by atoms with Crippen LogP contribution in [0.2, 0.25) is 10.0 Å². The van der Waals surface area contributed by atoms with Crippen molar-refractivity contribution in [1.29, 1.82) is 0 Å². The Morgan fingerprint density at radius 1 is 0.968 bits per heavy atom. The number of halogens is 2. The van der Waals surface area contributed by atoms with Crippen LogP contribution >= 0.6 is 23.2 Å². The number of aliphatic hydroxyl groups is 1. The fourth-order valence-corrected chi connectivity index (χ4v) is 3.43. The van der Waals surface area contributed by atoms with Gasteiger partial charge in [-0.1, -0.05) is 41.4 Å². The first kappa shape index (κ1) is 21.1. The van der Waals surface area contributed by atoms with E-state index < -0.39 is 12.4 Å². The Balaban J connectivity index is 1.85. The molecule has 31 heavy (non-hydrogen) atoms. The van der Waals surface area contributed by atoms with Crippen molar-refractivity contribution < 1.29 is 9.90 Å². The van der Waals surface area contributed by atoms with E-state index in [1.807, 2.05) is 12.1 Å². The molecule has 0 saturated heterocycles. The van der Waals surface area contributed by atoms with Gasteiger partial charge in [0, 0.05) is 22.2 Å². The van der Waals surface area contributed by atoms with Gasteiger partial charge in [0.25, 0.3) is 5.56 Å². The number of ketones is 1. The number of nitrogens with zero attached hydrogens (tertiary/aromatic N) is 2. The topological polar surface area (TPSA) is 84.2 Å². The van der Waals surface area contributed by atoms with Crippen LogP contribution in [0.15, 0.2) is 71.5 Å². The lowest BCUT2D eigenvalue weighted by atomic mass is 10.1. The number of benzene rings is 3. The second-order valence-corrected chi connectivity index (χ2v) is 7.72. The molecule has 0 aliphatic heterocycles. The third-order valence-electron chi connectivity index (χ3n) is 4.78. The minimum atomic E-state index is -0.616. The third kappa shape index (κ3) is 4.46. The Kier molecular flexibility index (Phi) is 6.04. The molecule has 2 N–H and O–H groups in total. The predicted octanol–water partition coefficient (Wildman–Crippen LogP) is 4.48. The van der Waals surface area contributed by atoms with Gasteiger partial charge in [0.2, 0.25) is 5.95 Å². The van der Waals surface area contributed by atoms with Crippen molar-refractivity contribution >= 4 is 45.8 Å². The first-order chi connectivity index (χ1) is 15.0. The summed E-state index contributed by atoms with van der Waals surface area (Å²) < 4.78 is 1.46. The number of hydrogen-bond acceptors (Lipinski definition) is 5. The molecule has 6 nitrogen and oxygen atoms in total. The number of nitrogens with one attached hydrogen (secondary N) is 1. The Bertz CT molecular complexity index is 1320. The number of aromatic nitrogens is 2. The molecular formula is C23H17Cl2N3O3. The van der Waals surface area contributed by atoms with Crippen LogP contribution in [0.5, 0.6) is 0 Å². The van der Waals surface area contributed by atoms with Crippen LogP contribution in [0.4, 0.5) is 5.95 Å². The van der Waals surface area contributed by atoms with Crippen LogP contribution in [0.3, 0.4) is 0 Å². The first-order valence-electron chi connectivity index (χ1n) is 9.41. The Labute approximate surface area is 187 Å². The Hall–Kier alpha value is -3.19. The quantitative estimate of drug-likeness (QED) is 0.420. The van der Waals surface area contributed by atoms with Gasteiger partial charge < -0.3 is 10.4 Å². The second kappa shape index (κ2) is 8.89. The SMILES string of the molecule is O=C(CO)c1ccc2c(=O)n(-c3ccc(Cl)cc3)c(NCc3ccc(Cl)cc3)nc2c1. The normalized spacial score (nSPS) is 10.9. The summed E-state index contributed by atoms with van der Waals surface area (Å²) >= 11 is 12.0. The molecule has 8 heteroatoms. The molecule has 0 unspecified atom stereocenters. The van der Waals surface area contributed by atoms with Crippen molar-refractivity contribution in [2.24, 2.45) is 0 Å². The van der Waals surface area contributed by atoms with E-state index in [1.54, 1.807) is 42.5 Å². The van der Waals surface area contributed by atoms with Crippen molar-refractivity contribution in [3.05, 3.63) is 98.3 Å². The van der Waals surface area contributed by atoms with Gasteiger partial charge in [-0.3, -0.25) is 9.59 Å². The molecule has 0 amide bonds. The highest BCUT2D eigenvalue weighted by Crippen LogP contribution is 2.20. The number of fused-ring (bicyclic) bond motifs is 1. The standard InChI is InChI=1S/C23H17Cl2N3O3/c24-16-4-1-14(2-5-16)12-26-23-27-20-11-15(21(30)13-29)3-10-19(20)22(31)28(23)18-8-6-17(25)7-9-18/h1-11,29H,12-13H2,(H,26,27). The number of aliphatic hydroxyl groups excluding tert-OH is 1. The van der Waals surface area contributed by atoms with E-state index in [1.165, 1.54) is 16.7 Å². The van der Waals surface area contributed by atoms with E-state index >= 15 is 0 Å². The molecule has 3 aromatic carbocycles. The molecule has 0 saturated carbocycles. The van der Waals surface area contributed by atoms with Crippen molar-refractivity contribution in [2.75, 3.05) is 11.9 Å². The second-order valence-electron chi connectivity index (χ2n) is 6.85. The van der Waals surface area contributed by atoms with Crippen molar-refractivity contribution in [3.63, 3.8) is 0 Å². The van der Waals surface area contributed by atoms with Crippen LogP contribution in [0.1, 0.15) is 15.9 Å².